The van der Waals surface area contributed by atoms with Crippen LogP contribution in [0.5, 0.6) is 0 Å². The molecule has 0 saturated heterocycles. The normalized spacial score (nSPS) is 14.7. The summed E-state index contributed by atoms with van der Waals surface area (Å²) in [6, 6.07) is 58.1. The fourth-order valence-corrected chi connectivity index (χ4v) is 16.8. The summed E-state index contributed by atoms with van der Waals surface area (Å²) in [5.74, 6) is 0. The minimum absolute atomic E-state index is 0.155. The van der Waals surface area contributed by atoms with E-state index >= 15 is 0 Å². The second-order valence-electron chi connectivity index (χ2n) is 13.9. The molecule has 3 aromatic heterocycles. The molecular formula is C44H25BN2SSi. The molecule has 0 amide bonds. The van der Waals surface area contributed by atoms with E-state index in [0.29, 0.717) is 0 Å². The van der Waals surface area contributed by atoms with Gasteiger partial charge in [0, 0.05) is 42.1 Å². The van der Waals surface area contributed by atoms with Crippen LogP contribution in [0, 0.1) is 0 Å². The maximum atomic E-state index is 2.72. The van der Waals surface area contributed by atoms with Gasteiger partial charge in [0.15, 0.2) is 8.07 Å². The number of nitrogens with zero attached hydrogens (tertiary/aromatic N) is 2. The number of hydrogen-bond donors (Lipinski definition) is 0. The zero-order valence-electron chi connectivity index (χ0n) is 26.3. The molecule has 0 saturated carbocycles. The summed E-state index contributed by atoms with van der Waals surface area (Å²) in [4.78, 5) is 0. The second kappa shape index (κ2) is 8.50. The molecule has 224 valence electrons. The maximum absolute atomic E-state index is 2.73. The highest BCUT2D eigenvalue weighted by atomic mass is 32.1. The van der Waals surface area contributed by atoms with Crippen LogP contribution in [0.25, 0.3) is 65.1 Å². The molecule has 0 fully saturated rings. The van der Waals surface area contributed by atoms with Gasteiger partial charge in [0.1, 0.15) is 0 Å². The molecule has 0 unspecified atom stereocenters. The summed E-state index contributed by atoms with van der Waals surface area (Å²) in [6.07, 6.45) is 0. The fraction of sp³-hybridized carbons (Fsp3) is 0. The average molecular weight is 653 g/mol. The van der Waals surface area contributed by atoms with Crippen LogP contribution in [0.3, 0.4) is 0 Å². The monoisotopic (exact) mass is 652 g/mol. The van der Waals surface area contributed by atoms with Crippen LogP contribution in [-0.4, -0.2) is 23.9 Å². The first-order chi connectivity index (χ1) is 24.4. The molecule has 49 heavy (non-hydrogen) atoms. The van der Waals surface area contributed by atoms with Crippen molar-refractivity contribution in [2.45, 2.75) is 0 Å². The van der Waals surface area contributed by atoms with E-state index in [1.165, 1.54) is 102 Å². The predicted octanol–water partition coefficient (Wildman–Crippen LogP) is 5.93. The van der Waals surface area contributed by atoms with Crippen molar-refractivity contribution in [1.29, 1.82) is 0 Å². The molecular weight excluding hydrogens is 627 g/mol. The van der Waals surface area contributed by atoms with Crippen LogP contribution in [0.1, 0.15) is 0 Å². The summed E-state index contributed by atoms with van der Waals surface area (Å²) in [7, 11) is -2.73. The summed E-state index contributed by atoms with van der Waals surface area (Å²) in [6.45, 7) is 0.155. The number of benzene rings is 7. The number of thiophene rings is 1. The van der Waals surface area contributed by atoms with Crippen molar-refractivity contribution < 1.29 is 0 Å². The van der Waals surface area contributed by atoms with E-state index in [4.69, 9.17) is 0 Å². The standard InChI is InChI=1S/C44H25BN2SSi/c1-3-13-26(14-4-1)49(27-15-5-2-6-16-27)36-23-11-19-29-32-25-31-28-17-7-9-21-34(28)46-40(31)38-41(32)47(39(29)36)43-33(20-12-24-37(43)49)45(38)44-42(46)30-18-8-10-22-35(30)48-44/h1-25H. The van der Waals surface area contributed by atoms with Crippen LogP contribution in [0.15, 0.2) is 152 Å². The molecule has 13 rings (SSSR count). The molecule has 5 heteroatoms. The second-order valence-corrected chi connectivity index (χ2v) is 18.8. The molecule has 6 heterocycles. The third-order valence-corrected chi connectivity index (χ3v) is 18.0. The number of hydrogen-bond acceptors (Lipinski definition) is 1. The van der Waals surface area contributed by atoms with Gasteiger partial charge in [-0.25, -0.2) is 0 Å². The third kappa shape index (κ3) is 2.69. The Hall–Kier alpha value is -5.62. The first-order valence-electron chi connectivity index (χ1n) is 17.2. The Balaban J connectivity index is 1.35. The summed E-state index contributed by atoms with van der Waals surface area (Å²) < 4.78 is 8.16. The first kappa shape index (κ1) is 25.4. The lowest BCUT2D eigenvalue weighted by molar-refractivity contribution is 1.18. The Morgan fingerprint density at radius 3 is 1.92 bits per heavy atom. The van der Waals surface area contributed by atoms with E-state index in [-0.39, 0.29) is 6.71 Å². The van der Waals surface area contributed by atoms with E-state index in [9.17, 15) is 0 Å². The van der Waals surface area contributed by atoms with Crippen molar-refractivity contribution in [3.05, 3.63) is 152 Å². The van der Waals surface area contributed by atoms with Gasteiger partial charge in [-0.1, -0.05) is 133 Å². The Morgan fingerprint density at radius 2 is 1.10 bits per heavy atom. The average Bonchev–Trinajstić information content (AvgIpc) is 3.83. The molecule has 2 nitrogen and oxygen atoms in total. The van der Waals surface area contributed by atoms with Crippen molar-refractivity contribution in [1.82, 2.24) is 9.13 Å². The zero-order chi connectivity index (χ0) is 31.6. The quantitative estimate of drug-likeness (QED) is 0.205. The lowest BCUT2D eigenvalue weighted by Gasteiger charge is -2.42. The SMILES string of the molecule is c1ccc([Si]2(c3ccccc3)c3cccc4c3-n3c5c2cccc5c2cc5c6ccccc6n6c5c(c23)B4c2sc3ccccc3c2-6)cc1. The largest absolute Gasteiger partial charge is 0.310 e. The van der Waals surface area contributed by atoms with Gasteiger partial charge < -0.3 is 9.13 Å². The predicted molar refractivity (Wildman–Crippen MR) is 212 cm³/mol. The molecule has 7 aromatic carbocycles. The lowest BCUT2D eigenvalue weighted by Crippen LogP contribution is -2.78. The van der Waals surface area contributed by atoms with Gasteiger partial charge in [0.2, 0.25) is 0 Å². The highest BCUT2D eigenvalue weighted by molar-refractivity contribution is 7.33. The molecule has 3 aliphatic rings. The highest BCUT2D eigenvalue weighted by Crippen LogP contribution is 2.44. The fourth-order valence-electron chi connectivity index (χ4n) is 10.3. The van der Waals surface area contributed by atoms with E-state index in [0.717, 1.165) is 0 Å². The number of aromatic nitrogens is 2. The summed E-state index contributed by atoms with van der Waals surface area (Å²) >= 11 is 2.00. The van der Waals surface area contributed by atoms with Crippen molar-refractivity contribution in [3.63, 3.8) is 0 Å². The molecule has 10 aromatic rings. The van der Waals surface area contributed by atoms with E-state index in [1.54, 1.807) is 0 Å². The molecule has 0 aliphatic carbocycles. The van der Waals surface area contributed by atoms with Crippen LogP contribution < -0.4 is 36.4 Å². The number of rotatable bonds is 2. The van der Waals surface area contributed by atoms with Gasteiger partial charge in [-0.3, -0.25) is 0 Å². The molecule has 0 radical (unpaired) electrons. The van der Waals surface area contributed by atoms with Crippen LogP contribution in [0.2, 0.25) is 0 Å². The Kier molecular flexibility index (Phi) is 4.41. The summed E-state index contributed by atoms with van der Waals surface area (Å²) in [5, 5.41) is 12.7. The zero-order valence-corrected chi connectivity index (χ0v) is 28.1. The van der Waals surface area contributed by atoms with Crippen LogP contribution >= 0.6 is 11.3 Å². The van der Waals surface area contributed by atoms with Gasteiger partial charge in [-0.2, -0.15) is 0 Å². The minimum Gasteiger partial charge on any atom is -0.310 e. The number of fused-ring (bicyclic) bond motifs is 10. The molecule has 3 aliphatic heterocycles. The van der Waals surface area contributed by atoms with Crippen molar-refractivity contribution in [3.8, 4) is 11.4 Å². The van der Waals surface area contributed by atoms with E-state index in [1.807, 2.05) is 11.3 Å². The van der Waals surface area contributed by atoms with Crippen LogP contribution in [-0.2, 0) is 0 Å². The van der Waals surface area contributed by atoms with Crippen molar-refractivity contribution >= 4 is 116 Å². The molecule has 0 spiro atoms. The Morgan fingerprint density at radius 1 is 0.469 bits per heavy atom. The van der Waals surface area contributed by atoms with Gasteiger partial charge in [0.05, 0.1) is 27.8 Å². The Labute approximate surface area is 287 Å². The Bertz CT molecular complexity index is 3080. The molecule has 0 atom stereocenters. The topological polar surface area (TPSA) is 9.86 Å². The van der Waals surface area contributed by atoms with E-state index < -0.39 is 8.07 Å². The third-order valence-electron chi connectivity index (χ3n) is 11.9. The van der Waals surface area contributed by atoms with Crippen molar-refractivity contribution in [2.75, 3.05) is 0 Å². The smallest absolute Gasteiger partial charge is 0.264 e. The molecule has 0 N–H and O–H groups in total. The van der Waals surface area contributed by atoms with Crippen molar-refractivity contribution in [2.24, 2.45) is 0 Å². The number of para-hydroxylation sites is 3. The van der Waals surface area contributed by atoms with Gasteiger partial charge in [0.25, 0.3) is 6.71 Å². The van der Waals surface area contributed by atoms with Gasteiger partial charge in [-0.05, 0) is 49.9 Å². The minimum atomic E-state index is -2.73. The van der Waals surface area contributed by atoms with Gasteiger partial charge >= 0.3 is 0 Å². The van der Waals surface area contributed by atoms with Crippen LogP contribution in [0.4, 0.5) is 0 Å². The molecule has 0 bridgehead atoms. The lowest BCUT2D eigenvalue weighted by atomic mass is 9.37. The maximum Gasteiger partial charge on any atom is 0.264 e. The first-order valence-corrected chi connectivity index (χ1v) is 20.0. The van der Waals surface area contributed by atoms with Gasteiger partial charge in [-0.15, -0.1) is 11.3 Å². The summed E-state index contributed by atoms with van der Waals surface area (Å²) in [5.41, 5.74) is 11.2. The highest BCUT2D eigenvalue weighted by Gasteiger charge is 2.52. The van der Waals surface area contributed by atoms with E-state index in [2.05, 4.69) is 161 Å².